The molecule has 31 heavy (non-hydrogen) atoms. The second-order valence-corrected chi connectivity index (χ2v) is 7.17. The van der Waals surface area contributed by atoms with Gasteiger partial charge in [0.1, 0.15) is 0 Å². The molecule has 0 spiro atoms. The van der Waals surface area contributed by atoms with E-state index < -0.39 is 53.2 Å². The average molecular weight is 449 g/mol. The number of halogens is 7. The molecule has 4 rings (SSSR count). The number of carbonyl (C=O) groups excluding carboxylic acids is 1. The third kappa shape index (κ3) is 3.68. The summed E-state index contributed by atoms with van der Waals surface area (Å²) >= 11 is 0. The molecular weight excluding hydrogens is 435 g/mol. The molecule has 5 nitrogen and oxygen atoms in total. The maximum Gasteiger partial charge on any atom is 0.435 e. The maximum atomic E-state index is 14.3. The van der Waals surface area contributed by atoms with E-state index in [4.69, 9.17) is 4.74 Å². The van der Waals surface area contributed by atoms with Crippen LogP contribution in [0.2, 0.25) is 0 Å². The van der Waals surface area contributed by atoms with E-state index >= 15 is 0 Å². The number of alkyl halides is 6. The summed E-state index contributed by atoms with van der Waals surface area (Å²) in [6.07, 6.45) is -10.3. The molecule has 0 saturated carbocycles. The Hall–Kier alpha value is -2.89. The first-order chi connectivity index (χ1) is 14.4. The summed E-state index contributed by atoms with van der Waals surface area (Å²) in [4.78, 5) is 12.9. The van der Waals surface area contributed by atoms with Crippen molar-refractivity contribution in [2.45, 2.75) is 37.4 Å². The van der Waals surface area contributed by atoms with Crippen LogP contribution in [-0.2, 0) is 28.9 Å². The number of ether oxygens (including phenoxy) is 1. The Balaban J connectivity index is 1.74. The fraction of sp³-hybridized carbons (Fsp3) is 0.368. The molecule has 0 aliphatic carbocycles. The number of nitrogens with zero attached hydrogens (tertiary/aromatic N) is 2. The molecule has 1 saturated heterocycles. The Bertz CT molecular complexity index is 1090. The Morgan fingerprint density at radius 1 is 1.13 bits per heavy atom. The van der Waals surface area contributed by atoms with Gasteiger partial charge in [-0.15, -0.1) is 0 Å². The van der Waals surface area contributed by atoms with Gasteiger partial charge in [0.05, 0.1) is 34.7 Å². The summed E-state index contributed by atoms with van der Waals surface area (Å²) < 4.78 is 98.8. The zero-order chi connectivity index (χ0) is 22.7. The molecular formula is C19H14F7N3O2. The highest BCUT2D eigenvalue weighted by molar-refractivity contribution is 6.11. The molecule has 2 aliphatic rings. The van der Waals surface area contributed by atoms with E-state index in [1.54, 1.807) is 0 Å². The molecule has 2 bridgehead atoms. The van der Waals surface area contributed by atoms with E-state index in [-0.39, 0.29) is 16.8 Å². The van der Waals surface area contributed by atoms with Gasteiger partial charge in [-0.1, -0.05) is 6.07 Å². The fourth-order valence-electron chi connectivity index (χ4n) is 3.88. The third-order valence-corrected chi connectivity index (χ3v) is 5.20. The number of amides is 1. The Kier molecular flexibility index (Phi) is 4.87. The lowest BCUT2D eigenvalue weighted by Gasteiger charge is -2.18. The van der Waals surface area contributed by atoms with Crippen LogP contribution in [0.25, 0.3) is 5.57 Å². The van der Waals surface area contributed by atoms with Gasteiger partial charge in [-0.2, -0.15) is 31.4 Å². The van der Waals surface area contributed by atoms with Crippen molar-refractivity contribution in [3.8, 4) is 0 Å². The van der Waals surface area contributed by atoms with Crippen molar-refractivity contribution in [2.75, 3.05) is 5.32 Å². The van der Waals surface area contributed by atoms with E-state index in [9.17, 15) is 35.5 Å². The summed E-state index contributed by atoms with van der Waals surface area (Å²) in [6, 6.07) is 3.20. The minimum atomic E-state index is -4.96. The molecule has 1 aromatic carbocycles. The van der Waals surface area contributed by atoms with E-state index in [1.807, 2.05) is 0 Å². The first-order valence-corrected chi connectivity index (χ1v) is 9.06. The highest BCUT2D eigenvalue weighted by Gasteiger charge is 2.46. The molecule has 3 heterocycles. The summed E-state index contributed by atoms with van der Waals surface area (Å²) in [5, 5.41) is 5.53. The van der Waals surface area contributed by atoms with Gasteiger partial charge in [-0.25, -0.2) is 4.39 Å². The number of benzene rings is 1. The van der Waals surface area contributed by atoms with Crippen LogP contribution in [-0.4, -0.2) is 27.9 Å². The fourth-order valence-corrected chi connectivity index (χ4v) is 3.88. The zero-order valence-corrected chi connectivity index (χ0v) is 15.7. The number of hydrogen-bond donors (Lipinski definition) is 1. The Morgan fingerprint density at radius 2 is 1.81 bits per heavy atom. The molecule has 0 unspecified atom stereocenters. The number of aryl methyl sites for hydroxylation is 1. The van der Waals surface area contributed by atoms with Gasteiger partial charge < -0.3 is 10.1 Å². The van der Waals surface area contributed by atoms with Gasteiger partial charge in [-0.3, -0.25) is 9.48 Å². The zero-order valence-electron chi connectivity index (χ0n) is 15.7. The third-order valence-electron chi connectivity index (χ3n) is 5.20. The number of hydrogen-bond acceptors (Lipinski definition) is 3. The van der Waals surface area contributed by atoms with Gasteiger partial charge in [0, 0.05) is 12.6 Å². The van der Waals surface area contributed by atoms with Crippen LogP contribution in [0.5, 0.6) is 0 Å². The normalized spacial score (nSPS) is 21.2. The van der Waals surface area contributed by atoms with Crippen LogP contribution in [0.1, 0.15) is 29.8 Å². The monoisotopic (exact) mass is 449 g/mol. The van der Waals surface area contributed by atoms with Crippen LogP contribution < -0.4 is 5.32 Å². The van der Waals surface area contributed by atoms with Gasteiger partial charge in [0.2, 0.25) is 0 Å². The first-order valence-electron chi connectivity index (χ1n) is 9.06. The highest BCUT2D eigenvalue weighted by atomic mass is 19.4. The minimum absolute atomic E-state index is 0.00538. The van der Waals surface area contributed by atoms with Crippen molar-refractivity contribution in [3.63, 3.8) is 0 Å². The van der Waals surface area contributed by atoms with Crippen molar-refractivity contribution < 1.29 is 40.3 Å². The molecule has 2 atom stereocenters. The van der Waals surface area contributed by atoms with E-state index in [1.165, 1.54) is 7.05 Å². The number of rotatable bonds is 3. The lowest BCUT2D eigenvalue weighted by Crippen LogP contribution is -2.24. The minimum Gasteiger partial charge on any atom is -0.365 e. The van der Waals surface area contributed by atoms with Crippen molar-refractivity contribution >= 4 is 17.2 Å². The maximum absolute atomic E-state index is 14.3. The number of anilines is 1. The summed E-state index contributed by atoms with van der Waals surface area (Å²) in [5.74, 6) is -2.61. The van der Waals surface area contributed by atoms with E-state index in [0.717, 1.165) is 22.9 Å². The number of nitrogens with one attached hydrogen (secondary N) is 1. The van der Waals surface area contributed by atoms with Crippen LogP contribution >= 0.6 is 0 Å². The summed E-state index contributed by atoms with van der Waals surface area (Å²) in [6.45, 7) is 0. The molecule has 1 amide bonds. The number of fused-ring (bicyclic) bond motifs is 2. The van der Waals surface area contributed by atoms with Gasteiger partial charge in [0.15, 0.2) is 11.5 Å². The molecule has 1 fully saturated rings. The standard InChI is InChI=1S/C19H14F7N3O2/c1-29-10(7-13(28-29)19(24,25)26)14-11-5-6-12(31-11)15(14)17(30)27-9-4-2-3-8(16(9)20)18(21,22)23/h2-4,7,11-12H,5-6H2,1H3,(H,27,30)/t11-,12+/m0/s1. The van der Waals surface area contributed by atoms with Crippen LogP contribution in [0, 0.1) is 5.82 Å². The predicted octanol–water partition coefficient (Wildman–Crippen LogP) is 4.55. The predicted molar refractivity (Wildman–Crippen MR) is 93.1 cm³/mol. The molecule has 1 N–H and O–H groups in total. The molecule has 12 heteroatoms. The van der Waals surface area contributed by atoms with Crippen molar-refractivity contribution in [1.82, 2.24) is 9.78 Å². The Morgan fingerprint density at radius 3 is 2.42 bits per heavy atom. The SMILES string of the molecule is Cn1nc(C(F)(F)F)cc1C1=C(C(=O)Nc2cccc(C(F)(F)F)c2F)[C@H]2CC[C@@H]1O2. The van der Waals surface area contributed by atoms with E-state index in [2.05, 4.69) is 10.4 Å². The van der Waals surface area contributed by atoms with Crippen LogP contribution in [0.15, 0.2) is 29.8 Å². The number of aromatic nitrogens is 2. The molecule has 2 aliphatic heterocycles. The van der Waals surface area contributed by atoms with Crippen molar-refractivity contribution in [3.05, 3.63) is 52.6 Å². The van der Waals surface area contributed by atoms with Crippen molar-refractivity contribution in [1.29, 1.82) is 0 Å². The quantitative estimate of drug-likeness (QED) is 0.700. The molecule has 0 radical (unpaired) electrons. The lowest BCUT2D eigenvalue weighted by molar-refractivity contribution is -0.141. The highest BCUT2D eigenvalue weighted by Crippen LogP contribution is 2.45. The molecule has 2 aromatic rings. The average Bonchev–Trinajstić information content (AvgIpc) is 3.35. The van der Waals surface area contributed by atoms with Gasteiger partial charge >= 0.3 is 12.4 Å². The lowest BCUT2D eigenvalue weighted by atomic mass is 9.89. The van der Waals surface area contributed by atoms with Gasteiger partial charge in [-0.05, 0) is 31.0 Å². The van der Waals surface area contributed by atoms with Crippen LogP contribution in [0.4, 0.5) is 36.4 Å². The first kappa shape index (κ1) is 21.3. The molecule has 166 valence electrons. The largest absolute Gasteiger partial charge is 0.435 e. The Labute approximate surface area is 170 Å². The summed E-state index contributed by atoms with van der Waals surface area (Å²) in [7, 11) is 1.27. The topological polar surface area (TPSA) is 56.2 Å². The van der Waals surface area contributed by atoms with Crippen molar-refractivity contribution in [2.24, 2.45) is 7.05 Å². The van der Waals surface area contributed by atoms with Crippen LogP contribution in [0.3, 0.4) is 0 Å². The smallest absolute Gasteiger partial charge is 0.365 e. The summed E-state index contributed by atoms with van der Waals surface area (Å²) in [5.41, 5.74) is -3.31. The number of carbonyl (C=O) groups is 1. The second kappa shape index (κ2) is 7.08. The molecule has 1 aromatic heterocycles. The van der Waals surface area contributed by atoms with Gasteiger partial charge in [0.25, 0.3) is 5.91 Å². The van der Waals surface area contributed by atoms with E-state index in [0.29, 0.717) is 18.9 Å². The second-order valence-electron chi connectivity index (χ2n) is 7.17.